The molecule has 2 aromatic carbocycles. The first-order chi connectivity index (χ1) is 11.8. The van der Waals surface area contributed by atoms with E-state index in [1.165, 1.54) is 6.26 Å². The number of Topliss-reactive ketones (excluding diaryl/α,β-unsaturated/α-hetero) is 1. The maximum absolute atomic E-state index is 11.8. The highest BCUT2D eigenvalue weighted by atomic mass is 32.2. The quantitative estimate of drug-likeness (QED) is 0.448. The Hall–Kier alpha value is -2.24. The third kappa shape index (κ3) is 5.66. The standard InChI is InChI=1S/C20H23NO3S/c1-15(2)20(22)18-8-4-16(5-9-18)12-13-21-14-17-6-10-19(11-7-17)25(3,23)24/h4-11,21H,1,12-14H2,2-3H3. The van der Waals surface area contributed by atoms with Crippen molar-refractivity contribution >= 4 is 15.6 Å². The van der Waals surface area contributed by atoms with Crippen LogP contribution in [0.15, 0.2) is 65.6 Å². The van der Waals surface area contributed by atoms with Crippen LogP contribution in [-0.4, -0.2) is 27.0 Å². The van der Waals surface area contributed by atoms with Crippen LogP contribution in [0, 0.1) is 0 Å². The lowest BCUT2D eigenvalue weighted by molar-refractivity contribution is 0.103. The van der Waals surface area contributed by atoms with Gasteiger partial charge in [0.05, 0.1) is 4.90 Å². The molecule has 0 bridgehead atoms. The van der Waals surface area contributed by atoms with E-state index in [4.69, 9.17) is 0 Å². The van der Waals surface area contributed by atoms with Gasteiger partial charge in [-0.2, -0.15) is 0 Å². The number of carbonyl (C=O) groups is 1. The summed E-state index contributed by atoms with van der Waals surface area (Å²) in [5.74, 6) is -0.0257. The number of carbonyl (C=O) groups excluding carboxylic acids is 1. The summed E-state index contributed by atoms with van der Waals surface area (Å²) in [5.41, 5.74) is 3.39. The fraction of sp³-hybridized carbons (Fsp3) is 0.250. The van der Waals surface area contributed by atoms with Crippen molar-refractivity contribution in [3.8, 4) is 0 Å². The monoisotopic (exact) mass is 357 g/mol. The zero-order chi connectivity index (χ0) is 18.4. The van der Waals surface area contributed by atoms with Crippen molar-refractivity contribution in [3.05, 3.63) is 77.4 Å². The van der Waals surface area contributed by atoms with Gasteiger partial charge in [0.1, 0.15) is 0 Å². The van der Waals surface area contributed by atoms with Gasteiger partial charge in [0.2, 0.25) is 0 Å². The normalized spacial score (nSPS) is 11.3. The Morgan fingerprint density at radius 3 is 2.08 bits per heavy atom. The average Bonchev–Trinajstić information content (AvgIpc) is 2.58. The van der Waals surface area contributed by atoms with Gasteiger partial charge in [0.25, 0.3) is 0 Å². The second-order valence-electron chi connectivity index (χ2n) is 6.15. The molecule has 0 fully saturated rings. The SMILES string of the molecule is C=C(C)C(=O)c1ccc(CCNCc2ccc(S(C)(=O)=O)cc2)cc1. The number of nitrogens with one attached hydrogen (secondary N) is 1. The summed E-state index contributed by atoms with van der Waals surface area (Å²) in [5, 5.41) is 3.33. The molecule has 0 atom stereocenters. The molecule has 5 heteroatoms. The minimum Gasteiger partial charge on any atom is -0.312 e. The lowest BCUT2D eigenvalue weighted by atomic mass is 10.0. The lowest BCUT2D eigenvalue weighted by Gasteiger charge is -2.07. The van der Waals surface area contributed by atoms with E-state index in [0.29, 0.717) is 22.6 Å². The number of sulfone groups is 1. The van der Waals surface area contributed by atoms with Crippen molar-refractivity contribution in [1.82, 2.24) is 5.32 Å². The zero-order valence-corrected chi connectivity index (χ0v) is 15.4. The molecule has 0 radical (unpaired) electrons. The van der Waals surface area contributed by atoms with Crippen LogP contribution in [0.25, 0.3) is 0 Å². The van der Waals surface area contributed by atoms with Crippen LogP contribution in [0.2, 0.25) is 0 Å². The first-order valence-corrected chi connectivity index (χ1v) is 9.95. The number of allylic oxidation sites excluding steroid dienone is 1. The van der Waals surface area contributed by atoms with Crippen LogP contribution in [-0.2, 0) is 22.8 Å². The van der Waals surface area contributed by atoms with Gasteiger partial charge in [-0.05, 0) is 48.7 Å². The number of hydrogen-bond donors (Lipinski definition) is 1. The fourth-order valence-corrected chi connectivity index (χ4v) is 3.02. The summed E-state index contributed by atoms with van der Waals surface area (Å²) in [4.78, 5) is 12.1. The molecule has 132 valence electrons. The van der Waals surface area contributed by atoms with Crippen molar-refractivity contribution in [2.45, 2.75) is 24.8 Å². The minimum atomic E-state index is -3.15. The summed E-state index contributed by atoms with van der Waals surface area (Å²) >= 11 is 0. The molecular formula is C20H23NO3S. The summed E-state index contributed by atoms with van der Waals surface area (Å²) in [6, 6.07) is 14.5. The van der Waals surface area contributed by atoms with Crippen molar-refractivity contribution in [3.63, 3.8) is 0 Å². The van der Waals surface area contributed by atoms with E-state index in [-0.39, 0.29) is 5.78 Å². The molecule has 0 aliphatic heterocycles. The topological polar surface area (TPSA) is 63.2 Å². The zero-order valence-electron chi connectivity index (χ0n) is 14.6. The molecule has 0 aromatic heterocycles. The second kappa shape index (κ2) is 8.23. The van der Waals surface area contributed by atoms with Gasteiger partial charge < -0.3 is 5.32 Å². The van der Waals surface area contributed by atoms with Crippen molar-refractivity contribution in [2.75, 3.05) is 12.8 Å². The Bertz CT molecular complexity index is 851. The van der Waals surface area contributed by atoms with Gasteiger partial charge in [-0.25, -0.2) is 8.42 Å². The third-order valence-electron chi connectivity index (χ3n) is 3.87. The summed E-state index contributed by atoms with van der Waals surface area (Å²) in [7, 11) is -3.15. The molecule has 2 rings (SSSR count). The van der Waals surface area contributed by atoms with Crippen LogP contribution in [0.4, 0.5) is 0 Å². The highest BCUT2D eigenvalue weighted by Crippen LogP contribution is 2.11. The summed E-state index contributed by atoms with van der Waals surface area (Å²) in [6.45, 7) is 6.85. The van der Waals surface area contributed by atoms with E-state index in [1.54, 1.807) is 19.1 Å². The van der Waals surface area contributed by atoms with Crippen molar-refractivity contribution in [1.29, 1.82) is 0 Å². The Morgan fingerprint density at radius 2 is 1.56 bits per heavy atom. The highest BCUT2D eigenvalue weighted by Gasteiger charge is 2.07. The van der Waals surface area contributed by atoms with Crippen LogP contribution in [0.5, 0.6) is 0 Å². The summed E-state index contributed by atoms with van der Waals surface area (Å²) in [6.07, 6.45) is 2.05. The predicted molar refractivity (Wildman–Crippen MR) is 101 cm³/mol. The lowest BCUT2D eigenvalue weighted by Crippen LogP contribution is -2.16. The van der Waals surface area contributed by atoms with Crippen LogP contribution in [0.1, 0.15) is 28.4 Å². The third-order valence-corrected chi connectivity index (χ3v) is 5.00. The average molecular weight is 357 g/mol. The highest BCUT2D eigenvalue weighted by molar-refractivity contribution is 7.90. The maximum Gasteiger partial charge on any atom is 0.188 e. The second-order valence-corrected chi connectivity index (χ2v) is 8.17. The van der Waals surface area contributed by atoms with Gasteiger partial charge >= 0.3 is 0 Å². The molecular weight excluding hydrogens is 334 g/mol. The molecule has 0 unspecified atom stereocenters. The van der Waals surface area contributed by atoms with Crippen molar-refractivity contribution in [2.24, 2.45) is 0 Å². The molecule has 0 heterocycles. The molecule has 25 heavy (non-hydrogen) atoms. The van der Waals surface area contributed by atoms with Gasteiger partial charge in [-0.3, -0.25) is 4.79 Å². The minimum absolute atomic E-state index is 0.0257. The molecule has 0 aliphatic rings. The predicted octanol–water partition coefficient (Wildman–Crippen LogP) is 3.18. The molecule has 0 saturated heterocycles. The van der Waals surface area contributed by atoms with E-state index in [9.17, 15) is 13.2 Å². The van der Waals surface area contributed by atoms with E-state index in [0.717, 1.165) is 24.1 Å². The fourth-order valence-electron chi connectivity index (χ4n) is 2.39. The molecule has 0 aliphatic carbocycles. The van der Waals surface area contributed by atoms with E-state index >= 15 is 0 Å². The Morgan fingerprint density at radius 1 is 1.00 bits per heavy atom. The Labute approximate surface area is 149 Å². The van der Waals surface area contributed by atoms with E-state index in [1.807, 2.05) is 36.4 Å². The number of rotatable bonds is 8. The van der Waals surface area contributed by atoms with Crippen molar-refractivity contribution < 1.29 is 13.2 Å². The Kier molecular flexibility index (Phi) is 6.28. The van der Waals surface area contributed by atoms with Crippen LogP contribution < -0.4 is 5.32 Å². The first kappa shape index (κ1) is 19.1. The first-order valence-electron chi connectivity index (χ1n) is 8.06. The molecule has 4 nitrogen and oxygen atoms in total. The van der Waals surface area contributed by atoms with E-state index < -0.39 is 9.84 Å². The number of ketones is 1. The Balaban J connectivity index is 1.81. The van der Waals surface area contributed by atoms with Gasteiger partial charge in [0.15, 0.2) is 15.6 Å². The molecule has 1 N–H and O–H groups in total. The number of hydrogen-bond acceptors (Lipinski definition) is 4. The largest absolute Gasteiger partial charge is 0.312 e. The van der Waals surface area contributed by atoms with Crippen LogP contribution in [0.3, 0.4) is 0 Å². The number of benzene rings is 2. The smallest absolute Gasteiger partial charge is 0.188 e. The van der Waals surface area contributed by atoms with Crippen LogP contribution >= 0.6 is 0 Å². The molecule has 0 spiro atoms. The van der Waals surface area contributed by atoms with E-state index in [2.05, 4.69) is 11.9 Å². The summed E-state index contributed by atoms with van der Waals surface area (Å²) < 4.78 is 22.8. The van der Waals surface area contributed by atoms with Gasteiger partial charge in [-0.15, -0.1) is 0 Å². The molecule has 0 amide bonds. The molecule has 0 saturated carbocycles. The maximum atomic E-state index is 11.8. The van der Waals surface area contributed by atoms with Gasteiger partial charge in [-0.1, -0.05) is 43.0 Å². The van der Waals surface area contributed by atoms with Gasteiger partial charge in [0, 0.05) is 18.4 Å². The molecule has 2 aromatic rings.